The summed E-state index contributed by atoms with van der Waals surface area (Å²) in [5, 5.41) is 4.17. The Kier molecular flexibility index (Phi) is 3.05. The molecule has 1 heterocycles. The van der Waals surface area contributed by atoms with Crippen molar-refractivity contribution in [3.05, 3.63) is 24.0 Å². The summed E-state index contributed by atoms with van der Waals surface area (Å²) in [5.41, 5.74) is 7.75. The number of hydrogen-bond donors (Lipinski definition) is 1. The van der Waals surface area contributed by atoms with Crippen molar-refractivity contribution >= 4 is 5.57 Å². The minimum Gasteiger partial charge on any atom is -0.327 e. The lowest BCUT2D eigenvalue weighted by Gasteiger charge is -1.94. The van der Waals surface area contributed by atoms with Gasteiger partial charge in [0, 0.05) is 24.8 Å². The van der Waals surface area contributed by atoms with Crippen LogP contribution in [0.25, 0.3) is 5.57 Å². The van der Waals surface area contributed by atoms with Crippen LogP contribution in [0.15, 0.2) is 18.5 Å². The number of aryl methyl sites for hydroxylation is 1. The van der Waals surface area contributed by atoms with E-state index in [4.69, 9.17) is 5.73 Å². The topological polar surface area (TPSA) is 43.8 Å². The maximum atomic E-state index is 5.40. The third-order valence-corrected chi connectivity index (χ3v) is 1.84. The molecule has 0 unspecified atom stereocenters. The standard InChI is InChI=1S/C9H15N3/c1-3-12-7-9(6-11-12)8(2)4-5-10/h4,6-7H,3,5,10H2,1-2H3. The minimum atomic E-state index is 0.586. The van der Waals surface area contributed by atoms with Crippen molar-refractivity contribution in [1.82, 2.24) is 9.78 Å². The number of nitrogens with zero attached hydrogens (tertiary/aromatic N) is 2. The second kappa shape index (κ2) is 4.07. The van der Waals surface area contributed by atoms with Gasteiger partial charge in [0.2, 0.25) is 0 Å². The van der Waals surface area contributed by atoms with Crippen molar-refractivity contribution in [2.75, 3.05) is 6.54 Å². The summed E-state index contributed by atoms with van der Waals surface area (Å²) < 4.78 is 1.91. The molecule has 2 N–H and O–H groups in total. The van der Waals surface area contributed by atoms with E-state index in [1.165, 1.54) is 5.57 Å². The summed E-state index contributed by atoms with van der Waals surface area (Å²) in [6, 6.07) is 0. The molecule has 0 fully saturated rings. The highest BCUT2D eigenvalue weighted by atomic mass is 15.3. The quantitative estimate of drug-likeness (QED) is 0.733. The van der Waals surface area contributed by atoms with E-state index in [0.29, 0.717) is 6.54 Å². The van der Waals surface area contributed by atoms with E-state index in [1.807, 2.05) is 30.1 Å². The van der Waals surface area contributed by atoms with Crippen molar-refractivity contribution in [3.63, 3.8) is 0 Å². The molecule has 0 atom stereocenters. The largest absolute Gasteiger partial charge is 0.327 e. The average molecular weight is 165 g/mol. The molecular formula is C9H15N3. The Balaban J connectivity index is 2.81. The Morgan fingerprint density at radius 3 is 3.00 bits per heavy atom. The maximum Gasteiger partial charge on any atom is 0.0564 e. The molecular weight excluding hydrogens is 150 g/mol. The molecule has 0 spiro atoms. The fraction of sp³-hybridized carbons (Fsp3) is 0.444. The van der Waals surface area contributed by atoms with Gasteiger partial charge in [-0.2, -0.15) is 5.10 Å². The zero-order chi connectivity index (χ0) is 8.97. The maximum absolute atomic E-state index is 5.40. The third kappa shape index (κ3) is 1.95. The lowest BCUT2D eigenvalue weighted by atomic mass is 10.1. The second-order valence-corrected chi connectivity index (χ2v) is 2.71. The first-order chi connectivity index (χ1) is 5.77. The van der Waals surface area contributed by atoms with Gasteiger partial charge in [0.25, 0.3) is 0 Å². The van der Waals surface area contributed by atoms with Crippen molar-refractivity contribution in [1.29, 1.82) is 0 Å². The number of rotatable bonds is 3. The minimum absolute atomic E-state index is 0.586. The summed E-state index contributed by atoms with van der Waals surface area (Å²) in [7, 11) is 0. The molecule has 66 valence electrons. The fourth-order valence-electron chi connectivity index (χ4n) is 1.03. The van der Waals surface area contributed by atoms with E-state index in [2.05, 4.69) is 12.0 Å². The molecule has 0 aliphatic carbocycles. The number of nitrogens with two attached hydrogens (primary N) is 1. The van der Waals surface area contributed by atoms with E-state index in [-0.39, 0.29) is 0 Å². The number of hydrogen-bond acceptors (Lipinski definition) is 2. The van der Waals surface area contributed by atoms with E-state index in [9.17, 15) is 0 Å². The van der Waals surface area contributed by atoms with Crippen LogP contribution in [0, 0.1) is 0 Å². The highest BCUT2D eigenvalue weighted by molar-refractivity contribution is 5.62. The lowest BCUT2D eigenvalue weighted by Crippen LogP contribution is -1.94. The molecule has 3 heteroatoms. The van der Waals surface area contributed by atoms with Gasteiger partial charge in [-0.15, -0.1) is 0 Å². The molecule has 1 aromatic rings. The predicted octanol–water partition coefficient (Wildman–Crippen LogP) is 1.26. The first-order valence-corrected chi connectivity index (χ1v) is 4.17. The Hall–Kier alpha value is -1.09. The van der Waals surface area contributed by atoms with Crippen LogP contribution in [0.1, 0.15) is 19.4 Å². The van der Waals surface area contributed by atoms with Crippen LogP contribution in [-0.2, 0) is 6.54 Å². The van der Waals surface area contributed by atoms with E-state index in [0.717, 1.165) is 12.1 Å². The molecule has 3 nitrogen and oxygen atoms in total. The van der Waals surface area contributed by atoms with E-state index >= 15 is 0 Å². The highest BCUT2D eigenvalue weighted by Crippen LogP contribution is 2.11. The van der Waals surface area contributed by atoms with Gasteiger partial charge in [-0.3, -0.25) is 4.68 Å². The van der Waals surface area contributed by atoms with Crippen LogP contribution < -0.4 is 5.73 Å². The summed E-state index contributed by atoms with van der Waals surface area (Å²) in [6.45, 7) is 5.61. The third-order valence-electron chi connectivity index (χ3n) is 1.84. The molecule has 0 saturated heterocycles. The first kappa shape index (κ1) is 9.00. The van der Waals surface area contributed by atoms with Gasteiger partial charge < -0.3 is 5.73 Å². The number of aromatic nitrogens is 2. The lowest BCUT2D eigenvalue weighted by molar-refractivity contribution is 0.659. The molecule has 12 heavy (non-hydrogen) atoms. The van der Waals surface area contributed by atoms with Gasteiger partial charge in [0.1, 0.15) is 0 Å². The molecule has 1 rings (SSSR count). The average Bonchev–Trinajstić information content (AvgIpc) is 2.52. The molecule has 0 aromatic carbocycles. The monoisotopic (exact) mass is 165 g/mol. The van der Waals surface area contributed by atoms with Crippen molar-refractivity contribution in [2.24, 2.45) is 5.73 Å². The highest BCUT2D eigenvalue weighted by Gasteiger charge is 1.97. The fourth-order valence-corrected chi connectivity index (χ4v) is 1.03. The van der Waals surface area contributed by atoms with Crippen molar-refractivity contribution in [2.45, 2.75) is 20.4 Å². The van der Waals surface area contributed by atoms with E-state index in [1.54, 1.807) is 0 Å². The Morgan fingerprint density at radius 2 is 2.50 bits per heavy atom. The zero-order valence-electron chi connectivity index (χ0n) is 7.62. The molecule has 0 amide bonds. The summed E-state index contributed by atoms with van der Waals surface area (Å²) in [6.07, 6.45) is 5.89. The second-order valence-electron chi connectivity index (χ2n) is 2.71. The summed E-state index contributed by atoms with van der Waals surface area (Å²) in [4.78, 5) is 0. The van der Waals surface area contributed by atoms with Crippen molar-refractivity contribution in [3.8, 4) is 0 Å². The molecule has 0 saturated carbocycles. The van der Waals surface area contributed by atoms with Crippen LogP contribution in [0.5, 0.6) is 0 Å². The Labute approximate surface area is 72.9 Å². The van der Waals surface area contributed by atoms with E-state index < -0.39 is 0 Å². The molecule has 0 bridgehead atoms. The van der Waals surface area contributed by atoms with Gasteiger partial charge in [-0.1, -0.05) is 6.08 Å². The Bertz CT molecular complexity index is 273. The molecule has 0 aliphatic heterocycles. The number of allylic oxidation sites excluding steroid dienone is 1. The van der Waals surface area contributed by atoms with Crippen LogP contribution in [-0.4, -0.2) is 16.3 Å². The summed E-state index contributed by atoms with van der Waals surface area (Å²) in [5.74, 6) is 0. The van der Waals surface area contributed by atoms with Crippen LogP contribution >= 0.6 is 0 Å². The van der Waals surface area contributed by atoms with Gasteiger partial charge >= 0.3 is 0 Å². The van der Waals surface area contributed by atoms with Crippen molar-refractivity contribution < 1.29 is 0 Å². The SMILES string of the molecule is CCn1cc(C(C)=CCN)cn1. The Morgan fingerprint density at radius 1 is 1.75 bits per heavy atom. The molecule has 1 aromatic heterocycles. The molecule has 0 radical (unpaired) electrons. The van der Waals surface area contributed by atoms with Gasteiger partial charge in [0.05, 0.1) is 6.20 Å². The van der Waals surface area contributed by atoms with Crippen LogP contribution in [0.4, 0.5) is 0 Å². The van der Waals surface area contributed by atoms with Crippen LogP contribution in [0.2, 0.25) is 0 Å². The first-order valence-electron chi connectivity index (χ1n) is 4.17. The van der Waals surface area contributed by atoms with Gasteiger partial charge in [-0.25, -0.2) is 0 Å². The van der Waals surface area contributed by atoms with Gasteiger partial charge in [0.15, 0.2) is 0 Å². The van der Waals surface area contributed by atoms with Gasteiger partial charge in [-0.05, 0) is 19.4 Å². The summed E-state index contributed by atoms with van der Waals surface area (Å²) >= 11 is 0. The normalized spacial score (nSPS) is 12.1. The predicted molar refractivity (Wildman–Crippen MR) is 50.6 cm³/mol. The van der Waals surface area contributed by atoms with Crippen LogP contribution in [0.3, 0.4) is 0 Å². The smallest absolute Gasteiger partial charge is 0.0564 e. The zero-order valence-corrected chi connectivity index (χ0v) is 7.62. The molecule has 0 aliphatic rings.